The number of hydrogen-bond donors (Lipinski definition) is 2. The van der Waals surface area contributed by atoms with Crippen molar-refractivity contribution in [1.82, 2.24) is 0 Å². The van der Waals surface area contributed by atoms with Gasteiger partial charge in [-0.05, 0) is 24.3 Å². The predicted molar refractivity (Wildman–Crippen MR) is 71.1 cm³/mol. The highest BCUT2D eigenvalue weighted by atomic mass is 32.1. The lowest BCUT2D eigenvalue weighted by molar-refractivity contribution is -0.120. The standard InChI is InChI=1S/C13H17NO3S/c15-11(9-5-3-1-2-4-6-9)14-12-10(13(16)17)7-8-18-12/h7-9H,1-6H2,(H,14,15)(H,16,17). The van der Waals surface area contributed by atoms with Crippen molar-refractivity contribution in [2.75, 3.05) is 5.32 Å². The minimum atomic E-state index is -0.993. The van der Waals surface area contributed by atoms with E-state index in [0.29, 0.717) is 5.00 Å². The number of nitrogens with one attached hydrogen (secondary N) is 1. The summed E-state index contributed by atoms with van der Waals surface area (Å²) in [5, 5.41) is 13.9. The first-order chi connectivity index (χ1) is 8.68. The van der Waals surface area contributed by atoms with Crippen LogP contribution in [0.2, 0.25) is 0 Å². The molecule has 98 valence electrons. The van der Waals surface area contributed by atoms with Crippen molar-refractivity contribution in [3.05, 3.63) is 17.0 Å². The van der Waals surface area contributed by atoms with E-state index in [-0.39, 0.29) is 17.4 Å². The Kier molecular flexibility index (Phi) is 4.36. The Balaban J connectivity index is 2.01. The molecule has 1 amide bonds. The Morgan fingerprint density at radius 1 is 1.22 bits per heavy atom. The zero-order valence-electron chi connectivity index (χ0n) is 10.1. The van der Waals surface area contributed by atoms with Crippen LogP contribution in [0.15, 0.2) is 11.4 Å². The third kappa shape index (κ3) is 3.10. The molecule has 1 heterocycles. The summed E-state index contributed by atoms with van der Waals surface area (Å²) in [6.45, 7) is 0. The van der Waals surface area contributed by atoms with Gasteiger partial charge in [0, 0.05) is 5.92 Å². The van der Waals surface area contributed by atoms with Gasteiger partial charge in [0.15, 0.2) is 0 Å². The summed E-state index contributed by atoms with van der Waals surface area (Å²) in [6, 6.07) is 1.52. The van der Waals surface area contributed by atoms with Crippen LogP contribution in [-0.2, 0) is 4.79 Å². The normalized spacial score (nSPS) is 17.1. The average Bonchev–Trinajstić information content (AvgIpc) is 2.63. The predicted octanol–water partition coefficient (Wildman–Crippen LogP) is 3.36. The highest BCUT2D eigenvalue weighted by Gasteiger charge is 2.22. The SMILES string of the molecule is O=C(O)c1ccsc1NC(=O)C1CCCCCC1. The van der Waals surface area contributed by atoms with E-state index in [1.54, 1.807) is 5.38 Å². The molecule has 1 aliphatic carbocycles. The number of thiophene rings is 1. The summed E-state index contributed by atoms with van der Waals surface area (Å²) < 4.78 is 0. The van der Waals surface area contributed by atoms with E-state index < -0.39 is 5.97 Å². The number of hydrogen-bond acceptors (Lipinski definition) is 3. The molecule has 0 saturated heterocycles. The lowest BCUT2D eigenvalue weighted by atomic mass is 9.99. The Labute approximate surface area is 110 Å². The Morgan fingerprint density at radius 2 is 1.89 bits per heavy atom. The Bertz CT molecular complexity index is 433. The molecule has 0 spiro atoms. The van der Waals surface area contributed by atoms with Gasteiger partial charge in [-0.1, -0.05) is 25.7 Å². The average molecular weight is 267 g/mol. The lowest BCUT2D eigenvalue weighted by Crippen LogP contribution is -2.22. The third-order valence-electron chi connectivity index (χ3n) is 3.36. The molecule has 1 aromatic heterocycles. The quantitative estimate of drug-likeness (QED) is 0.825. The van der Waals surface area contributed by atoms with Gasteiger partial charge >= 0.3 is 5.97 Å². The van der Waals surface area contributed by atoms with E-state index in [4.69, 9.17) is 5.11 Å². The number of carbonyl (C=O) groups excluding carboxylic acids is 1. The second-order valence-corrected chi connectivity index (χ2v) is 5.56. The van der Waals surface area contributed by atoms with Crippen LogP contribution < -0.4 is 5.32 Å². The van der Waals surface area contributed by atoms with Crippen LogP contribution in [-0.4, -0.2) is 17.0 Å². The molecular formula is C13H17NO3S. The molecule has 4 nitrogen and oxygen atoms in total. The highest BCUT2D eigenvalue weighted by molar-refractivity contribution is 7.14. The fourth-order valence-electron chi connectivity index (χ4n) is 2.33. The Morgan fingerprint density at radius 3 is 2.50 bits per heavy atom. The fraction of sp³-hybridized carbons (Fsp3) is 0.538. The first kappa shape index (κ1) is 13.1. The van der Waals surface area contributed by atoms with Crippen LogP contribution >= 0.6 is 11.3 Å². The number of carboxylic acid groups (broad SMARTS) is 1. The molecule has 0 radical (unpaired) electrons. The van der Waals surface area contributed by atoms with Crippen LogP contribution in [0.3, 0.4) is 0 Å². The lowest BCUT2D eigenvalue weighted by Gasteiger charge is -2.13. The van der Waals surface area contributed by atoms with Gasteiger partial charge in [-0.25, -0.2) is 4.79 Å². The molecule has 2 N–H and O–H groups in total. The van der Waals surface area contributed by atoms with E-state index in [2.05, 4.69) is 5.32 Å². The molecule has 0 atom stereocenters. The molecular weight excluding hydrogens is 250 g/mol. The molecule has 5 heteroatoms. The second-order valence-electron chi connectivity index (χ2n) is 4.65. The van der Waals surface area contributed by atoms with E-state index in [9.17, 15) is 9.59 Å². The van der Waals surface area contributed by atoms with Crippen molar-refractivity contribution in [1.29, 1.82) is 0 Å². The van der Waals surface area contributed by atoms with Crippen LogP contribution in [0.5, 0.6) is 0 Å². The largest absolute Gasteiger partial charge is 0.478 e. The van der Waals surface area contributed by atoms with Gasteiger partial charge in [-0.2, -0.15) is 0 Å². The third-order valence-corrected chi connectivity index (χ3v) is 4.19. The molecule has 18 heavy (non-hydrogen) atoms. The van der Waals surface area contributed by atoms with E-state index in [1.807, 2.05) is 0 Å². The molecule has 1 aromatic rings. The molecule has 1 fully saturated rings. The van der Waals surface area contributed by atoms with Crippen molar-refractivity contribution in [3.63, 3.8) is 0 Å². The molecule has 0 aromatic carbocycles. The van der Waals surface area contributed by atoms with Crippen molar-refractivity contribution in [2.24, 2.45) is 5.92 Å². The topological polar surface area (TPSA) is 66.4 Å². The van der Waals surface area contributed by atoms with Crippen molar-refractivity contribution >= 4 is 28.2 Å². The maximum absolute atomic E-state index is 12.1. The zero-order chi connectivity index (χ0) is 13.0. The zero-order valence-corrected chi connectivity index (χ0v) is 11.0. The number of rotatable bonds is 3. The van der Waals surface area contributed by atoms with Crippen LogP contribution in [0.1, 0.15) is 48.9 Å². The van der Waals surface area contributed by atoms with Crippen LogP contribution in [0.4, 0.5) is 5.00 Å². The molecule has 1 aliphatic rings. The van der Waals surface area contributed by atoms with Crippen LogP contribution in [0, 0.1) is 5.92 Å². The van der Waals surface area contributed by atoms with E-state index in [1.165, 1.54) is 30.2 Å². The minimum Gasteiger partial charge on any atom is -0.478 e. The fourth-order valence-corrected chi connectivity index (χ4v) is 3.11. The number of carbonyl (C=O) groups is 2. The monoisotopic (exact) mass is 267 g/mol. The van der Waals surface area contributed by atoms with Crippen LogP contribution in [0.25, 0.3) is 0 Å². The first-order valence-corrected chi connectivity index (χ1v) is 7.18. The number of carboxylic acids is 1. The molecule has 0 unspecified atom stereocenters. The maximum atomic E-state index is 12.1. The van der Waals surface area contributed by atoms with Crippen molar-refractivity contribution in [3.8, 4) is 0 Å². The maximum Gasteiger partial charge on any atom is 0.338 e. The van der Waals surface area contributed by atoms with Gasteiger partial charge in [0.05, 0.1) is 5.56 Å². The summed E-state index contributed by atoms with van der Waals surface area (Å²) in [6.07, 6.45) is 6.41. The summed E-state index contributed by atoms with van der Waals surface area (Å²) in [5.74, 6) is -0.981. The smallest absolute Gasteiger partial charge is 0.338 e. The number of aromatic carboxylic acids is 1. The van der Waals surface area contributed by atoms with Gasteiger partial charge < -0.3 is 10.4 Å². The summed E-state index contributed by atoms with van der Waals surface area (Å²) >= 11 is 1.26. The first-order valence-electron chi connectivity index (χ1n) is 6.30. The second kappa shape index (κ2) is 6.00. The van der Waals surface area contributed by atoms with Gasteiger partial charge in [0.1, 0.15) is 5.00 Å². The minimum absolute atomic E-state index is 0.0261. The van der Waals surface area contributed by atoms with Gasteiger partial charge in [-0.15, -0.1) is 11.3 Å². The van der Waals surface area contributed by atoms with Crippen molar-refractivity contribution in [2.45, 2.75) is 38.5 Å². The summed E-state index contributed by atoms with van der Waals surface area (Å²) in [5.41, 5.74) is 0.182. The Hall–Kier alpha value is -1.36. The highest BCUT2D eigenvalue weighted by Crippen LogP contribution is 2.27. The molecule has 0 bridgehead atoms. The van der Waals surface area contributed by atoms with E-state index in [0.717, 1.165) is 25.7 Å². The molecule has 2 rings (SSSR count). The van der Waals surface area contributed by atoms with E-state index >= 15 is 0 Å². The van der Waals surface area contributed by atoms with Gasteiger partial charge in [0.25, 0.3) is 0 Å². The summed E-state index contributed by atoms with van der Waals surface area (Å²) in [4.78, 5) is 23.0. The van der Waals surface area contributed by atoms with Gasteiger partial charge in [-0.3, -0.25) is 4.79 Å². The van der Waals surface area contributed by atoms with Gasteiger partial charge in [0.2, 0.25) is 5.91 Å². The number of anilines is 1. The summed E-state index contributed by atoms with van der Waals surface area (Å²) in [7, 11) is 0. The molecule has 1 saturated carbocycles. The number of amides is 1. The molecule has 0 aliphatic heterocycles. The van der Waals surface area contributed by atoms with Crippen molar-refractivity contribution < 1.29 is 14.7 Å².